The lowest BCUT2D eigenvalue weighted by molar-refractivity contribution is 0.180. The zero-order valence-electron chi connectivity index (χ0n) is 12.4. The molecule has 0 amide bonds. The highest BCUT2D eigenvalue weighted by molar-refractivity contribution is 7.71. The molecule has 2 nitrogen and oxygen atoms in total. The van der Waals surface area contributed by atoms with Gasteiger partial charge in [0.1, 0.15) is 16.2 Å². The average molecular weight is 305 g/mol. The zero-order valence-corrected chi connectivity index (χ0v) is 13.2. The van der Waals surface area contributed by atoms with Gasteiger partial charge < -0.3 is 9.72 Å². The van der Waals surface area contributed by atoms with Crippen LogP contribution in [0.15, 0.2) is 18.2 Å². The van der Waals surface area contributed by atoms with Crippen LogP contribution in [0.25, 0.3) is 10.9 Å². The van der Waals surface area contributed by atoms with Gasteiger partial charge in [0.15, 0.2) is 0 Å². The number of ether oxygens (including phenoxy) is 1. The monoisotopic (exact) mass is 305 g/mol. The quantitative estimate of drug-likeness (QED) is 0.771. The minimum atomic E-state index is -0.254. The van der Waals surface area contributed by atoms with Crippen molar-refractivity contribution in [2.45, 2.75) is 39.0 Å². The first-order valence-corrected chi connectivity index (χ1v) is 7.95. The molecule has 1 saturated carbocycles. The van der Waals surface area contributed by atoms with Crippen molar-refractivity contribution in [3.63, 3.8) is 0 Å². The zero-order chi connectivity index (χ0) is 15.0. The van der Waals surface area contributed by atoms with Crippen LogP contribution in [0.5, 0.6) is 5.75 Å². The lowest BCUT2D eigenvalue weighted by Gasteiger charge is -2.26. The standard InChI is InChI=1S/C17H20FNOS/c1-10(2)15-16(20-9-11-4-3-5-11)13-8-12(18)6-7-14(13)19-17(15)21/h6-8,10-11H,3-5,9H2,1-2H3,(H,19,21). The van der Waals surface area contributed by atoms with Crippen molar-refractivity contribution in [1.82, 2.24) is 4.98 Å². The second kappa shape index (κ2) is 5.76. The van der Waals surface area contributed by atoms with Crippen LogP contribution < -0.4 is 4.74 Å². The predicted molar refractivity (Wildman–Crippen MR) is 86.0 cm³/mol. The molecule has 0 aliphatic heterocycles. The van der Waals surface area contributed by atoms with Gasteiger partial charge in [-0.1, -0.05) is 32.5 Å². The van der Waals surface area contributed by atoms with Crippen molar-refractivity contribution in [3.05, 3.63) is 34.2 Å². The highest BCUT2D eigenvalue weighted by Crippen LogP contribution is 2.36. The molecule has 21 heavy (non-hydrogen) atoms. The maximum absolute atomic E-state index is 13.6. The number of fused-ring (bicyclic) bond motifs is 1. The number of aromatic nitrogens is 1. The molecule has 0 bridgehead atoms. The Hall–Kier alpha value is -1.42. The second-order valence-electron chi connectivity index (χ2n) is 6.15. The van der Waals surface area contributed by atoms with Gasteiger partial charge in [-0.2, -0.15) is 0 Å². The molecule has 0 saturated heterocycles. The van der Waals surface area contributed by atoms with Gasteiger partial charge in [-0.3, -0.25) is 0 Å². The van der Waals surface area contributed by atoms with Crippen molar-refractivity contribution in [2.75, 3.05) is 6.61 Å². The fourth-order valence-electron chi connectivity index (χ4n) is 2.79. The Balaban J connectivity index is 2.12. The molecule has 3 rings (SSSR count). The van der Waals surface area contributed by atoms with Crippen LogP contribution in [-0.4, -0.2) is 11.6 Å². The van der Waals surface area contributed by atoms with Crippen molar-refractivity contribution < 1.29 is 9.13 Å². The summed E-state index contributed by atoms with van der Waals surface area (Å²) in [5.74, 6) is 1.37. The molecule has 112 valence electrons. The highest BCUT2D eigenvalue weighted by atomic mass is 32.1. The minimum Gasteiger partial charge on any atom is -0.492 e. The summed E-state index contributed by atoms with van der Waals surface area (Å²) in [5.41, 5.74) is 1.80. The van der Waals surface area contributed by atoms with Crippen LogP contribution in [0.1, 0.15) is 44.6 Å². The van der Waals surface area contributed by atoms with Gasteiger partial charge in [-0.25, -0.2) is 4.39 Å². The average Bonchev–Trinajstić information content (AvgIpc) is 2.37. The molecular formula is C17H20FNOS. The van der Waals surface area contributed by atoms with Crippen molar-refractivity contribution in [1.29, 1.82) is 0 Å². The summed E-state index contributed by atoms with van der Waals surface area (Å²) in [5, 5.41) is 0.784. The smallest absolute Gasteiger partial charge is 0.135 e. The fraction of sp³-hybridized carbons (Fsp3) is 0.471. The first-order valence-electron chi connectivity index (χ1n) is 7.54. The number of H-pyrrole nitrogens is 1. The molecule has 4 heteroatoms. The topological polar surface area (TPSA) is 25.0 Å². The Morgan fingerprint density at radius 2 is 2.14 bits per heavy atom. The van der Waals surface area contributed by atoms with Gasteiger partial charge in [0.2, 0.25) is 0 Å². The van der Waals surface area contributed by atoms with Crippen LogP contribution in [-0.2, 0) is 0 Å². The first kappa shape index (κ1) is 14.5. The maximum atomic E-state index is 13.6. The number of hydrogen-bond acceptors (Lipinski definition) is 2. The van der Waals surface area contributed by atoms with Gasteiger partial charge in [0, 0.05) is 10.9 Å². The van der Waals surface area contributed by atoms with Crippen LogP contribution in [0.4, 0.5) is 4.39 Å². The molecule has 0 spiro atoms. The fourth-order valence-corrected chi connectivity index (χ4v) is 3.23. The van der Waals surface area contributed by atoms with Gasteiger partial charge in [-0.15, -0.1) is 0 Å². The summed E-state index contributed by atoms with van der Waals surface area (Å²) in [6.07, 6.45) is 3.74. The largest absolute Gasteiger partial charge is 0.492 e. The summed E-state index contributed by atoms with van der Waals surface area (Å²) in [4.78, 5) is 3.19. The number of rotatable bonds is 4. The third-order valence-corrected chi connectivity index (χ3v) is 4.55. The molecule has 1 aromatic heterocycles. The number of benzene rings is 1. The van der Waals surface area contributed by atoms with Gasteiger partial charge >= 0.3 is 0 Å². The maximum Gasteiger partial charge on any atom is 0.135 e. The number of nitrogens with one attached hydrogen (secondary N) is 1. The van der Waals surface area contributed by atoms with E-state index in [4.69, 9.17) is 17.0 Å². The second-order valence-corrected chi connectivity index (χ2v) is 6.56. The van der Waals surface area contributed by atoms with Gasteiger partial charge in [0.25, 0.3) is 0 Å². The number of aromatic amines is 1. The van der Waals surface area contributed by atoms with Crippen LogP contribution >= 0.6 is 12.2 Å². The molecule has 1 fully saturated rings. The van der Waals surface area contributed by atoms with Gasteiger partial charge in [-0.05, 0) is 42.9 Å². The Kier molecular flexibility index (Phi) is 3.98. The lowest BCUT2D eigenvalue weighted by atomic mass is 9.86. The van der Waals surface area contributed by atoms with E-state index in [-0.39, 0.29) is 11.7 Å². The van der Waals surface area contributed by atoms with Crippen LogP contribution in [0.2, 0.25) is 0 Å². The molecular weight excluding hydrogens is 285 g/mol. The van der Waals surface area contributed by atoms with E-state index in [1.165, 1.54) is 31.4 Å². The number of halogens is 1. The molecule has 0 atom stereocenters. The Bertz CT molecular complexity index is 719. The minimum absolute atomic E-state index is 0.234. The molecule has 2 aromatic rings. The predicted octanol–water partition coefficient (Wildman–Crippen LogP) is 5.34. The van der Waals surface area contributed by atoms with E-state index < -0.39 is 0 Å². The Morgan fingerprint density at radius 3 is 2.76 bits per heavy atom. The molecule has 0 radical (unpaired) electrons. The van der Waals surface area contributed by atoms with E-state index in [2.05, 4.69) is 18.8 Å². The Morgan fingerprint density at radius 1 is 1.38 bits per heavy atom. The first-order chi connectivity index (χ1) is 10.1. The van der Waals surface area contributed by atoms with E-state index in [1.54, 1.807) is 6.07 Å². The summed E-state index contributed by atoms with van der Waals surface area (Å²) >= 11 is 5.47. The van der Waals surface area contributed by atoms with Crippen LogP contribution in [0, 0.1) is 16.4 Å². The molecule has 0 unspecified atom stereocenters. The highest BCUT2D eigenvalue weighted by Gasteiger charge is 2.21. The number of hydrogen-bond donors (Lipinski definition) is 1. The van der Waals surface area contributed by atoms with Crippen molar-refractivity contribution in [3.8, 4) is 5.75 Å². The number of pyridine rings is 1. The molecule has 1 aliphatic carbocycles. The molecule has 1 heterocycles. The van der Waals surface area contributed by atoms with Gasteiger partial charge in [0.05, 0.1) is 12.1 Å². The van der Waals surface area contributed by atoms with E-state index >= 15 is 0 Å². The third kappa shape index (κ3) is 2.82. The van der Waals surface area contributed by atoms with E-state index in [0.29, 0.717) is 17.2 Å². The summed E-state index contributed by atoms with van der Waals surface area (Å²) in [6, 6.07) is 4.70. The summed E-state index contributed by atoms with van der Waals surface area (Å²) < 4.78 is 20.4. The SMILES string of the molecule is CC(C)c1c(OCC2CCC2)c2cc(F)ccc2[nH]c1=S. The Labute approximate surface area is 129 Å². The third-order valence-electron chi connectivity index (χ3n) is 4.23. The molecule has 1 N–H and O–H groups in total. The van der Waals surface area contributed by atoms with Crippen LogP contribution in [0.3, 0.4) is 0 Å². The van der Waals surface area contributed by atoms with E-state index in [9.17, 15) is 4.39 Å². The van der Waals surface area contributed by atoms with Crippen molar-refractivity contribution in [2.24, 2.45) is 5.92 Å². The van der Waals surface area contributed by atoms with E-state index in [1.807, 2.05) is 0 Å². The molecule has 1 aromatic carbocycles. The summed E-state index contributed by atoms with van der Waals surface area (Å²) in [6.45, 7) is 4.87. The molecule has 1 aliphatic rings. The van der Waals surface area contributed by atoms with Crippen molar-refractivity contribution >= 4 is 23.1 Å². The normalized spacial score (nSPS) is 15.4. The summed E-state index contributed by atoms with van der Waals surface area (Å²) in [7, 11) is 0. The lowest BCUT2D eigenvalue weighted by Crippen LogP contribution is -2.20. The van der Waals surface area contributed by atoms with E-state index in [0.717, 1.165) is 22.2 Å².